The third-order valence-electron chi connectivity index (χ3n) is 5.76. The van der Waals surface area contributed by atoms with Gasteiger partial charge in [-0.1, -0.05) is 73.3 Å². The quantitative estimate of drug-likeness (QED) is 0.0812. The summed E-state index contributed by atoms with van der Waals surface area (Å²) in [6.45, 7) is 0. The Morgan fingerprint density at radius 2 is 1.64 bits per heavy atom. The summed E-state index contributed by atoms with van der Waals surface area (Å²) < 4.78 is 7.19. The van der Waals surface area contributed by atoms with Crippen molar-refractivity contribution >= 4 is 84.1 Å². The molecule has 5 rings (SSSR count). The van der Waals surface area contributed by atoms with Crippen LogP contribution in [0, 0.1) is 0 Å². The number of ether oxygens (including phenoxy) is 1. The number of benzene rings is 4. The highest BCUT2D eigenvalue weighted by molar-refractivity contribution is 9.10. The van der Waals surface area contributed by atoms with Crippen molar-refractivity contribution in [1.82, 2.24) is 10.4 Å². The average Bonchev–Trinajstić information content (AvgIpc) is 3.29. The number of hydrogen-bond donors (Lipinski definition) is 2. The van der Waals surface area contributed by atoms with Crippen molar-refractivity contribution in [2.75, 3.05) is 0 Å². The Morgan fingerprint density at radius 1 is 0.897 bits per heavy atom. The average molecular weight is 686 g/mol. The Kier molecular flexibility index (Phi) is 8.18. The molecule has 0 atom stereocenters. The van der Waals surface area contributed by atoms with Gasteiger partial charge in [0, 0.05) is 46.6 Å². The molecule has 1 aromatic heterocycles. The van der Waals surface area contributed by atoms with E-state index in [-0.39, 0.29) is 11.4 Å². The maximum Gasteiger partial charge on any atom is 0.343 e. The van der Waals surface area contributed by atoms with Gasteiger partial charge in [-0.15, -0.1) is 0 Å². The van der Waals surface area contributed by atoms with Gasteiger partial charge < -0.3 is 9.72 Å². The van der Waals surface area contributed by atoms with Gasteiger partial charge >= 0.3 is 5.97 Å². The van der Waals surface area contributed by atoms with E-state index in [2.05, 4.69) is 47.4 Å². The smallest absolute Gasteiger partial charge is 0.343 e. The lowest BCUT2D eigenvalue weighted by Crippen LogP contribution is -2.19. The number of aromatic nitrogens is 1. The van der Waals surface area contributed by atoms with Crippen molar-refractivity contribution in [3.05, 3.63) is 121 Å². The monoisotopic (exact) mass is 683 g/mol. The molecule has 0 saturated heterocycles. The second-order valence-corrected chi connectivity index (χ2v) is 11.0. The van der Waals surface area contributed by atoms with Crippen LogP contribution in [-0.2, 0) is 0 Å². The normalized spacial score (nSPS) is 11.2. The van der Waals surface area contributed by atoms with Gasteiger partial charge in [0.2, 0.25) is 0 Å². The molecule has 0 spiro atoms. The maximum absolute atomic E-state index is 13.3. The number of rotatable bonds is 6. The second kappa shape index (κ2) is 11.8. The molecule has 5 aromatic rings. The predicted octanol–water partition coefficient (Wildman–Crippen LogP) is 8.65. The summed E-state index contributed by atoms with van der Waals surface area (Å²) in [5.74, 6) is -0.734. The molecule has 1 amide bonds. The molecule has 0 aliphatic rings. The van der Waals surface area contributed by atoms with Crippen LogP contribution in [0.4, 0.5) is 0 Å². The number of carbonyl (C=O) groups is 2. The third kappa shape index (κ3) is 6.09. The molecule has 194 valence electrons. The standard InChI is InChI=1S/C29H17Br2Cl2N3O3/c30-18-7-5-16(6-8-18)29(38)39-25-12-9-19(31)13-17(25)15-34-36-28(37)27-26(21-3-1-2-4-23(21)33)22-14-20(32)10-11-24(22)35-27/h1-15,35H,(H,36,37). The van der Waals surface area contributed by atoms with Crippen molar-refractivity contribution in [1.29, 1.82) is 0 Å². The number of nitrogens with zero attached hydrogens (tertiary/aromatic N) is 1. The van der Waals surface area contributed by atoms with Crippen molar-refractivity contribution < 1.29 is 14.3 Å². The number of hydrogen-bond acceptors (Lipinski definition) is 4. The van der Waals surface area contributed by atoms with Gasteiger partial charge in [-0.25, -0.2) is 10.2 Å². The predicted molar refractivity (Wildman–Crippen MR) is 162 cm³/mol. The molecule has 0 bridgehead atoms. The van der Waals surface area contributed by atoms with E-state index in [1.807, 2.05) is 18.2 Å². The summed E-state index contributed by atoms with van der Waals surface area (Å²) in [5, 5.41) is 5.90. The Balaban J connectivity index is 1.43. The second-order valence-electron chi connectivity index (χ2n) is 8.32. The van der Waals surface area contributed by atoms with Crippen LogP contribution < -0.4 is 10.2 Å². The Labute approximate surface area is 250 Å². The van der Waals surface area contributed by atoms with Gasteiger partial charge in [0.05, 0.1) is 11.8 Å². The third-order valence-corrected chi connectivity index (χ3v) is 7.34. The SMILES string of the molecule is O=C(Oc1ccc(Br)cc1C=NNC(=O)c1[nH]c2ccc(Cl)cc2c1-c1ccccc1Cl)c1ccc(Br)cc1. The minimum absolute atomic E-state index is 0.272. The van der Waals surface area contributed by atoms with Crippen LogP contribution in [0.15, 0.2) is 99.0 Å². The number of hydrazone groups is 1. The van der Waals surface area contributed by atoms with Gasteiger partial charge in [0.15, 0.2) is 0 Å². The van der Waals surface area contributed by atoms with Gasteiger partial charge in [-0.05, 0) is 66.7 Å². The molecule has 0 aliphatic carbocycles. The van der Waals surface area contributed by atoms with E-state index in [4.69, 9.17) is 27.9 Å². The summed E-state index contributed by atoms with van der Waals surface area (Å²) in [6.07, 6.45) is 1.40. The fraction of sp³-hybridized carbons (Fsp3) is 0. The molecular formula is C29H17Br2Cl2N3O3. The van der Waals surface area contributed by atoms with E-state index in [9.17, 15) is 9.59 Å². The minimum Gasteiger partial charge on any atom is -0.422 e. The van der Waals surface area contributed by atoms with Crippen LogP contribution >= 0.6 is 55.1 Å². The molecule has 2 N–H and O–H groups in total. The van der Waals surface area contributed by atoms with E-state index < -0.39 is 11.9 Å². The molecule has 0 unspecified atom stereocenters. The molecule has 6 nitrogen and oxygen atoms in total. The number of H-pyrrole nitrogens is 1. The largest absolute Gasteiger partial charge is 0.422 e. The first kappa shape index (κ1) is 27.1. The van der Waals surface area contributed by atoms with Crippen LogP contribution in [0.1, 0.15) is 26.4 Å². The van der Waals surface area contributed by atoms with Crippen molar-refractivity contribution in [3.8, 4) is 16.9 Å². The van der Waals surface area contributed by atoms with E-state index in [1.54, 1.807) is 66.7 Å². The molecular weight excluding hydrogens is 669 g/mol. The lowest BCUT2D eigenvalue weighted by Gasteiger charge is -2.09. The fourth-order valence-electron chi connectivity index (χ4n) is 3.95. The van der Waals surface area contributed by atoms with Gasteiger partial charge in [-0.3, -0.25) is 4.79 Å². The highest BCUT2D eigenvalue weighted by Gasteiger charge is 2.21. The summed E-state index contributed by atoms with van der Waals surface area (Å²) in [7, 11) is 0. The first-order valence-corrected chi connectivity index (χ1v) is 13.8. The number of halogens is 4. The molecule has 0 aliphatic heterocycles. The zero-order valence-electron chi connectivity index (χ0n) is 19.8. The van der Waals surface area contributed by atoms with E-state index >= 15 is 0 Å². The molecule has 0 fully saturated rings. The molecule has 0 saturated carbocycles. The molecule has 4 aromatic carbocycles. The van der Waals surface area contributed by atoms with Crippen molar-refractivity contribution in [2.24, 2.45) is 5.10 Å². The highest BCUT2D eigenvalue weighted by atomic mass is 79.9. The number of fused-ring (bicyclic) bond motifs is 1. The molecule has 1 heterocycles. The van der Waals surface area contributed by atoms with Crippen molar-refractivity contribution in [3.63, 3.8) is 0 Å². The molecule has 10 heteroatoms. The van der Waals surface area contributed by atoms with E-state index in [0.717, 1.165) is 19.8 Å². The van der Waals surface area contributed by atoms with Crippen LogP contribution in [0.5, 0.6) is 5.75 Å². The van der Waals surface area contributed by atoms with Gasteiger partial charge in [0.25, 0.3) is 5.91 Å². The van der Waals surface area contributed by atoms with Crippen LogP contribution in [-0.4, -0.2) is 23.1 Å². The molecule has 39 heavy (non-hydrogen) atoms. The summed E-state index contributed by atoms with van der Waals surface area (Å²) in [4.78, 5) is 29.1. The highest BCUT2D eigenvalue weighted by Crippen LogP contribution is 2.37. The van der Waals surface area contributed by atoms with Crippen molar-refractivity contribution in [2.45, 2.75) is 0 Å². The zero-order valence-corrected chi connectivity index (χ0v) is 24.5. The zero-order chi connectivity index (χ0) is 27.5. The molecule has 0 radical (unpaired) electrons. The van der Waals surface area contributed by atoms with Crippen LogP contribution in [0.25, 0.3) is 22.0 Å². The number of esters is 1. The lowest BCUT2D eigenvalue weighted by molar-refractivity contribution is 0.0734. The number of carbonyl (C=O) groups excluding carboxylic acids is 2. The topological polar surface area (TPSA) is 83.5 Å². The number of aromatic amines is 1. The minimum atomic E-state index is -0.523. The van der Waals surface area contributed by atoms with Gasteiger partial charge in [-0.2, -0.15) is 5.10 Å². The van der Waals surface area contributed by atoms with E-state index in [1.165, 1.54) is 6.21 Å². The number of nitrogens with one attached hydrogen (secondary N) is 2. The first-order chi connectivity index (χ1) is 18.8. The van der Waals surface area contributed by atoms with E-state index in [0.29, 0.717) is 32.3 Å². The van der Waals surface area contributed by atoms with Crippen LogP contribution in [0.2, 0.25) is 10.0 Å². The maximum atomic E-state index is 13.3. The number of amides is 1. The van der Waals surface area contributed by atoms with Crippen LogP contribution in [0.3, 0.4) is 0 Å². The Morgan fingerprint density at radius 3 is 2.41 bits per heavy atom. The van der Waals surface area contributed by atoms with Gasteiger partial charge in [0.1, 0.15) is 11.4 Å². The Bertz CT molecular complexity index is 1750. The summed E-state index contributed by atoms with van der Waals surface area (Å²) >= 11 is 19.5. The Hall–Kier alpha value is -3.43. The first-order valence-electron chi connectivity index (χ1n) is 11.5. The summed E-state index contributed by atoms with van der Waals surface area (Å²) in [5.41, 5.74) is 5.70. The summed E-state index contributed by atoms with van der Waals surface area (Å²) in [6, 6.07) is 24.5. The lowest BCUT2D eigenvalue weighted by atomic mass is 10.0. The fourth-order valence-corrected chi connectivity index (χ4v) is 5.00.